The van der Waals surface area contributed by atoms with Crippen LogP contribution in [0.4, 0.5) is 11.8 Å². The fraction of sp³-hybridized carbons (Fsp3) is 0.667. The van der Waals surface area contributed by atoms with E-state index in [-0.39, 0.29) is 0 Å². The molecule has 94 valence electrons. The predicted molar refractivity (Wildman–Crippen MR) is 69.8 cm³/mol. The van der Waals surface area contributed by atoms with Gasteiger partial charge in [-0.3, -0.25) is 5.43 Å². The number of aromatic nitrogens is 2. The molecular weight excluding hydrogens is 214 g/mol. The lowest BCUT2D eigenvalue weighted by atomic mass is 9.85. The lowest BCUT2D eigenvalue weighted by Gasteiger charge is -2.32. The van der Waals surface area contributed by atoms with Gasteiger partial charge in [-0.2, -0.15) is 4.98 Å². The number of nitrogens with one attached hydrogen (secondary N) is 1. The topological polar surface area (TPSA) is 67.1 Å². The standard InChI is InChI=1S/C12H21N5/c1-3-17(8-10-5-4-6-10)11-7-9(2)14-12(15-11)16-13/h7,10H,3-6,8,13H2,1-2H3,(H,14,15,16). The van der Waals surface area contributed by atoms with Crippen LogP contribution in [0.5, 0.6) is 0 Å². The van der Waals surface area contributed by atoms with Crippen LogP contribution in [0.15, 0.2) is 6.07 Å². The van der Waals surface area contributed by atoms with Crippen molar-refractivity contribution in [1.82, 2.24) is 9.97 Å². The van der Waals surface area contributed by atoms with Crippen LogP contribution in [0.2, 0.25) is 0 Å². The van der Waals surface area contributed by atoms with E-state index in [2.05, 4.69) is 27.2 Å². The van der Waals surface area contributed by atoms with E-state index >= 15 is 0 Å². The third-order valence-corrected chi connectivity index (χ3v) is 3.38. The van der Waals surface area contributed by atoms with Crippen LogP contribution in [-0.4, -0.2) is 23.1 Å². The molecular formula is C12H21N5. The normalized spacial score (nSPS) is 15.5. The largest absolute Gasteiger partial charge is 0.356 e. The molecule has 0 unspecified atom stereocenters. The van der Waals surface area contributed by atoms with Crippen molar-refractivity contribution in [3.05, 3.63) is 11.8 Å². The maximum Gasteiger partial charge on any atom is 0.239 e. The van der Waals surface area contributed by atoms with Crippen molar-refractivity contribution in [3.63, 3.8) is 0 Å². The zero-order valence-corrected chi connectivity index (χ0v) is 10.6. The van der Waals surface area contributed by atoms with Crippen molar-refractivity contribution in [2.75, 3.05) is 23.4 Å². The summed E-state index contributed by atoms with van der Waals surface area (Å²) in [6.07, 6.45) is 4.08. The smallest absolute Gasteiger partial charge is 0.239 e. The first-order valence-corrected chi connectivity index (χ1v) is 6.30. The Morgan fingerprint density at radius 2 is 2.24 bits per heavy atom. The molecule has 0 amide bonds. The number of nitrogens with zero attached hydrogens (tertiary/aromatic N) is 3. The van der Waals surface area contributed by atoms with Crippen molar-refractivity contribution >= 4 is 11.8 Å². The molecule has 0 aliphatic heterocycles. The van der Waals surface area contributed by atoms with Crippen molar-refractivity contribution in [3.8, 4) is 0 Å². The van der Waals surface area contributed by atoms with E-state index < -0.39 is 0 Å². The Labute approximate surface area is 102 Å². The van der Waals surface area contributed by atoms with Gasteiger partial charge in [0, 0.05) is 24.8 Å². The van der Waals surface area contributed by atoms with E-state index in [1.165, 1.54) is 19.3 Å². The van der Waals surface area contributed by atoms with Gasteiger partial charge in [-0.15, -0.1) is 0 Å². The van der Waals surface area contributed by atoms with Crippen LogP contribution in [0.3, 0.4) is 0 Å². The summed E-state index contributed by atoms with van der Waals surface area (Å²) < 4.78 is 0. The predicted octanol–water partition coefficient (Wildman–Crippen LogP) is 1.70. The summed E-state index contributed by atoms with van der Waals surface area (Å²) >= 11 is 0. The summed E-state index contributed by atoms with van der Waals surface area (Å²) in [6.45, 7) is 6.18. The number of hydrazine groups is 1. The third kappa shape index (κ3) is 2.85. The highest BCUT2D eigenvalue weighted by molar-refractivity contribution is 5.44. The van der Waals surface area contributed by atoms with Crippen molar-refractivity contribution in [1.29, 1.82) is 0 Å². The van der Waals surface area contributed by atoms with E-state index in [1.54, 1.807) is 0 Å². The van der Waals surface area contributed by atoms with Gasteiger partial charge in [0.25, 0.3) is 0 Å². The molecule has 0 spiro atoms. The molecule has 0 bridgehead atoms. The van der Waals surface area contributed by atoms with E-state index in [1.807, 2.05) is 13.0 Å². The number of aryl methyl sites for hydroxylation is 1. The molecule has 0 saturated heterocycles. The lowest BCUT2D eigenvalue weighted by molar-refractivity contribution is 0.318. The molecule has 1 heterocycles. The second-order valence-corrected chi connectivity index (χ2v) is 4.67. The molecule has 1 aliphatic rings. The Kier molecular flexibility index (Phi) is 3.78. The quantitative estimate of drug-likeness (QED) is 0.600. The Morgan fingerprint density at radius 3 is 2.76 bits per heavy atom. The van der Waals surface area contributed by atoms with E-state index in [4.69, 9.17) is 5.84 Å². The number of nitrogen functional groups attached to an aromatic ring is 1. The number of anilines is 2. The SMILES string of the molecule is CCN(CC1CCC1)c1cc(C)nc(NN)n1. The number of hydrogen-bond acceptors (Lipinski definition) is 5. The zero-order valence-electron chi connectivity index (χ0n) is 10.6. The van der Waals surface area contributed by atoms with E-state index in [0.29, 0.717) is 5.95 Å². The van der Waals surface area contributed by atoms with Gasteiger partial charge < -0.3 is 4.90 Å². The highest BCUT2D eigenvalue weighted by Gasteiger charge is 2.21. The molecule has 1 aromatic rings. The second kappa shape index (κ2) is 5.31. The molecule has 5 heteroatoms. The Morgan fingerprint density at radius 1 is 1.47 bits per heavy atom. The fourth-order valence-corrected chi connectivity index (χ4v) is 2.15. The first-order valence-electron chi connectivity index (χ1n) is 6.30. The van der Waals surface area contributed by atoms with Crippen LogP contribution >= 0.6 is 0 Å². The van der Waals surface area contributed by atoms with Gasteiger partial charge in [-0.25, -0.2) is 10.8 Å². The van der Waals surface area contributed by atoms with Gasteiger partial charge in [0.05, 0.1) is 0 Å². The maximum atomic E-state index is 5.37. The average molecular weight is 235 g/mol. The van der Waals surface area contributed by atoms with Gasteiger partial charge in [0.2, 0.25) is 5.95 Å². The molecule has 0 atom stereocenters. The second-order valence-electron chi connectivity index (χ2n) is 4.67. The molecule has 1 aliphatic carbocycles. The van der Waals surface area contributed by atoms with Crippen LogP contribution < -0.4 is 16.2 Å². The molecule has 1 aromatic heterocycles. The van der Waals surface area contributed by atoms with Crippen molar-refractivity contribution < 1.29 is 0 Å². The lowest BCUT2D eigenvalue weighted by Crippen LogP contribution is -2.33. The first-order chi connectivity index (χ1) is 8.22. The Hall–Kier alpha value is -1.36. The zero-order chi connectivity index (χ0) is 12.3. The van der Waals surface area contributed by atoms with Crippen LogP contribution in [0, 0.1) is 12.8 Å². The number of nitrogens with two attached hydrogens (primary N) is 1. The molecule has 0 radical (unpaired) electrons. The average Bonchev–Trinajstić information content (AvgIpc) is 2.27. The Balaban J connectivity index is 2.13. The summed E-state index contributed by atoms with van der Waals surface area (Å²) in [5.74, 6) is 7.67. The number of hydrogen-bond donors (Lipinski definition) is 2. The van der Waals surface area contributed by atoms with Crippen LogP contribution in [-0.2, 0) is 0 Å². The number of rotatable bonds is 5. The van der Waals surface area contributed by atoms with Gasteiger partial charge in [0.15, 0.2) is 0 Å². The van der Waals surface area contributed by atoms with Gasteiger partial charge in [-0.1, -0.05) is 6.42 Å². The summed E-state index contributed by atoms with van der Waals surface area (Å²) in [5.41, 5.74) is 3.46. The van der Waals surface area contributed by atoms with Crippen molar-refractivity contribution in [2.45, 2.75) is 33.1 Å². The summed E-state index contributed by atoms with van der Waals surface area (Å²) in [4.78, 5) is 10.9. The molecule has 17 heavy (non-hydrogen) atoms. The monoisotopic (exact) mass is 235 g/mol. The summed E-state index contributed by atoms with van der Waals surface area (Å²) in [7, 11) is 0. The minimum Gasteiger partial charge on any atom is -0.356 e. The molecule has 1 fully saturated rings. The van der Waals surface area contributed by atoms with E-state index in [0.717, 1.165) is 30.5 Å². The molecule has 3 N–H and O–H groups in total. The summed E-state index contributed by atoms with van der Waals surface area (Å²) in [6, 6.07) is 2.02. The van der Waals surface area contributed by atoms with Crippen LogP contribution in [0.25, 0.3) is 0 Å². The fourth-order valence-electron chi connectivity index (χ4n) is 2.15. The maximum absolute atomic E-state index is 5.37. The van der Waals surface area contributed by atoms with Crippen molar-refractivity contribution in [2.24, 2.45) is 11.8 Å². The minimum absolute atomic E-state index is 0.493. The van der Waals surface area contributed by atoms with E-state index in [9.17, 15) is 0 Å². The highest BCUT2D eigenvalue weighted by Crippen LogP contribution is 2.28. The summed E-state index contributed by atoms with van der Waals surface area (Å²) in [5, 5.41) is 0. The van der Waals surface area contributed by atoms with Gasteiger partial charge in [0.1, 0.15) is 5.82 Å². The highest BCUT2D eigenvalue weighted by atomic mass is 15.3. The molecule has 2 rings (SSSR count). The molecule has 1 saturated carbocycles. The third-order valence-electron chi connectivity index (χ3n) is 3.38. The molecule has 0 aromatic carbocycles. The van der Waals surface area contributed by atoms with Crippen LogP contribution in [0.1, 0.15) is 31.9 Å². The van der Waals surface area contributed by atoms with Gasteiger partial charge >= 0.3 is 0 Å². The molecule has 5 nitrogen and oxygen atoms in total. The first kappa shape index (κ1) is 12.1. The van der Waals surface area contributed by atoms with Gasteiger partial charge in [-0.05, 0) is 32.6 Å². The minimum atomic E-state index is 0.493. The Bertz CT molecular complexity index is 375.